The monoisotopic (exact) mass is 169 g/mol. The van der Waals surface area contributed by atoms with Gasteiger partial charge in [0.25, 0.3) is 0 Å². The summed E-state index contributed by atoms with van der Waals surface area (Å²) in [5.41, 5.74) is 1.33. The molecule has 0 saturated heterocycles. The third-order valence-corrected chi connectivity index (χ3v) is 1.61. The molecule has 0 bridgehead atoms. The first-order valence-electron chi connectivity index (χ1n) is 3.71. The van der Waals surface area contributed by atoms with Gasteiger partial charge in [0.05, 0.1) is 19.0 Å². The summed E-state index contributed by atoms with van der Waals surface area (Å²) in [7, 11) is 0. The van der Waals surface area contributed by atoms with Crippen LogP contribution in [0.25, 0.3) is 0 Å². The molecule has 0 unspecified atom stereocenters. The fourth-order valence-corrected chi connectivity index (χ4v) is 1.08. The molecule has 1 aromatic heterocycles. The molecule has 1 heterocycles. The Morgan fingerprint density at radius 2 is 2.23 bits per heavy atom. The lowest BCUT2D eigenvalue weighted by Crippen LogP contribution is -1.95. The molecule has 0 aliphatic heterocycles. The van der Waals surface area contributed by atoms with Crippen LogP contribution in [-0.4, -0.2) is 4.57 Å². The van der Waals surface area contributed by atoms with Gasteiger partial charge in [-0.2, -0.15) is 10.5 Å². The van der Waals surface area contributed by atoms with E-state index in [4.69, 9.17) is 16.9 Å². The summed E-state index contributed by atoms with van der Waals surface area (Å²) in [6.45, 7) is 0.369. The molecule has 0 aromatic carbocycles. The van der Waals surface area contributed by atoms with Crippen LogP contribution in [0.5, 0.6) is 0 Å². The molecule has 0 fully saturated rings. The van der Waals surface area contributed by atoms with Gasteiger partial charge in [-0.1, -0.05) is 5.92 Å². The van der Waals surface area contributed by atoms with Crippen LogP contribution >= 0.6 is 0 Å². The molecule has 0 radical (unpaired) electrons. The van der Waals surface area contributed by atoms with Crippen molar-refractivity contribution in [1.29, 1.82) is 10.5 Å². The highest BCUT2D eigenvalue weighted by molar-refractivity contribution is 5.30. The van der Waals surface area contributed by atoms with E-state index in [2.05, 4.69) is 5.92 Å². The van der Waals surface area contributed by atoms with E-state index in [1.807, 2.05) is 12.1 Å². The smallest absolute Gasteiger partial charge is 0.121 e. The molecule has 3 nitrogen and oxygen atoms in total. The number of nitrogens with zero attached hydrogens (tertiary/aromatic N) is 3. The summed E-state index contributed by atoms with van der Waals surface area (Å²) in [6.07, 6.45) is 7.17. The Bertz CT molecular complexity index is 420. The van der Waals surface area contributed by atoms with Crippen molar-refractivity contribution >= 4 is 0 Å². The van der Waals surface area contributed by atoms with Gasteiger partial charge in [-0.25, -0.2) is 0 Å². The predicted octanol–water partition coefficient (Wildman–Crippen LogP) is 1.06. The predicted molar refractivity (Wildman–Crippen MR) is 47.3 cm³/mol. The lowest BCUT2D eigenvalue weighted by Gasteiger charge is -1.95. The number of nitriles is 2. The number of rotatable bonds is 2. The van der Waals surface area contributed by atoms with Crippen LogP contribution in [-0.2, 0) is 13.0 Å². The van der Waals surface area contributed by atoms with E-state index < -0.39 is 0 Å². The first-order chi connectivity index (χ1) is 6.31. The molecule has 1 aromatic rings. The van der Waals surface area contributed by atoms with E-state index in [-0.39, 0.29) is 0 Å². The Morgan fingerprint density at radius 3 is 2.77 bits per heavy atom. The summed E-state index contributed by atoms with van der Waals surface area (Å²) >= 11 is 0. The lowest BCUT2D eigenvalue weighted by molar-refractivity contribution is 0.833. The summed E-state index contributed by atoms with van der Waals surface area (Å²) in [5.74, 6) is 2.44. The zero-order chi connectivity index (χ0) is 9.68. The number of hydrogen-bond donors (Lipinski definition) is 0. The van der Waals surface area contributed by atoms with Crippen molar-refractivity contribution in [2.24, 2.45) is 0 Å². The van der Waals surface area contributed by atoms with Gasteiger partial charge in [-0.15, -0.1) is 6.42 Å². The van der Waals surface area contributed by atoms with Gasteiger partial charge in [0.2, 0.25) is 0 Å². The lowest BCUT2D eigenvalue weighted by atomic mass is 10.2. The summed E-state index contributed by atoms with van der Waals surface area (Å²) in [6, 6.07) is 5.71. The van der Waals surface area contributed by atoms with Crippen molar-refractivity contribution in [3.05, 3.63) is 23.5 Å². The fourth-order valence-electron chi connectivity index (χ4n) is 1.08. The van der Waals surface area contributed by atoms with Crippen molar-refractivity contribution in [1.82, 2.24) is 4.57 Å². The largest absolute Gasteiger partial charge is 0.328 e. The third-order valence-electron chi connectivity index (χ3n) is 1.61. The molecular formula is C10H7N3. The maximum Gasteiger partial charge on any atom is 0.121 e. The van der Waals surface area contributed by atoms with Crippen molar-refractivity contribution in [2.75, 3.05) is 0 Å². The minimum absolute atomic E-state index is 0.312. The SMILES string of the molecule is C#CCn1cc(CC#N)cc1C#N. The third kappa shape index (κ3) is 1.89. The first-order valence-corrected chi connectivity index (χ1v) is 3.71. The van der Waals surface area contributed by atoms with Crippen LogP contribution in [0.3, 0.4) is 0 Å². The minimum Gasteiger partial charge on any atom is -0.328 e. The molecule has 13 heavy (non-hydrogen) atoms. The number of aromatic nitrogens is 1. The molecule has 0 spiro atoms. The van der Waals surface area contributed by atoms with Crippen LogP contribution in [0, 0.1) is 35.0 Å². The molecule has 62 valence electrons. The molecule has 0 saturated carbocycles. The zero-order valence-corrected chi connectivity index (χ0v) is 6.99. The van der Waals surface area contributed by atoms with E-state index >= 15 is 0 Å². The standard InChI is InChI=1S/C10H7N3/c1-2-5-13-8-9(3-4-11)6-10(13)7-12/h1,6,8H,3,5H2. The van der Waals surface area contributed by atoms with E-state index in [1.165, 1.54) is 0 Å². The molecule has 1 rings (SSSR count). The minimum atomic E-state index is 0.312. The van der Waals surface area contributed by atoms with Gasteiger partial charge in [0.15, 0.2) is 0 Å². The second kappa shape index (κ2) is 4.00. The first kappa shape index (κ1) is 8.91. The highest BCUT2D eigenvalue weighted by Gasteiger charge is 2.03. The van der Waals surface area contributed by atoms with Gasteiger partial charge in [0.1, 0.15) is 11.8 Å². The molecule has 0 N–H and O–H groups in total. The second-order valence-corrected chi connectivity index (χ2v) is 2.51. The zero-order valence-electron chi connectivity index (χ0n) is 6.99. The van der Waals surface area contributed by atoms with E-state index in [1.54, 1.807) is 16.8 Å². The van der Waals surface area contributed by atoms with Gasteiger partial charge < -0.3 is 4.57 Å². The maximum absolute atomic E-state index is 8.70. The maximum atomic E-state index is 8.70. The molecule has 0 aliphatic rings. The van der Waals surface area contributed by atoms with Crippen LogP contribution in [0.1, 0.15) is 11.3 Å². The average Bonchev–Trinajstić information content (AvgIpc) is 2.49. The van der Waals surface area contributed by atoms with Crippen LogP contribution in [0.15, 0.2) is 12.3 Å². The van der Waals surface area contributed by atoms with E-state index in [0.29, 0.717) is 18.7 Å². The quantitative estimate of drug-likeness (QED) is 0.621. The molecule has 3 heteroatoms. The van der Waals surface area contributed by atoms with E-state index in [0.717, 1.165) is 5.56 Å². The molecule has 0 amide bonds. The van der Waals surface area contributed by atoms with Crippen LogP contribution in [0.4, 0.5) is 0 Å². The topological polar surface area (TPSA) is 52.5 Å². The molecular weight excluding hydrogens is 162 g/mol. The Balaban J connectivity index is 3.02. The number of hydrogen-bond acceptors (Lipinski definition) is 2. The Morgan fingerprint density at radius 1 is 1.46 bits per heavy atom. The Labute approximate surface area is 76.8 Å². The van der Waals surface area contributed by atoms with Gasteiger partial charge in [-0.05, 0) is 11.6 Å². The van der Waals surface area contributed by atoms with Gasteiger partial charge in [0, 0.05) is 6.20 Å². The van der Waals surface area contributed by atoms with Crippen molar-refractivity contribution in [3.63, 3.8) is 0 Å². The van der Waals surface area contributed by atoms with Crippen LogP contribution in [0.2, 0.25) is 0 Å². The van der Waals surface area contributed by atoms with Crippen molar-refractivity contribution in [2.45, 2.75) is 13.0 Å². The Kier molecular flexibility index (Phi) is 2.74. The highest BCUT2D eigenvalue weighted by atomic mass is 15.0. The fraction of sp³-hybridized carbons (Fsp3) is 0.200. The highest BCUT2D eigenvalue weighted by Crippen LogP contribution is 2.07. The molecule has 0 atom stereocenters. The van der Waals surface area contributed by atoms with Crippen molar-refractivity contribution in [3.8, 4) is 24.5 Å². The normalized spacial score (nSPS) is 8.38. The Hall–Kier alpha value is -2.18. The van der Waals surface area contributed by atoms with Crippen molar-refractivity contribution < 1.29 is 0 Å². The number of terminal acetylenes is 1. The summed E-state index contributed by atoms with van der Waals surface area (Å²) in [5, 5.41) is 17.1. The second-order valence-electron chi connectivity index (χ2n) is 2.51. The van der Waals surface area contributed by atoms with E-state index in [9.17, 15) is 0 Å². The average molecular weight is 169 g/mol. The van der Waals surface area contributed by atoms with Crippen LogP contribution < -0.4 is 0 Å². The van der Waals surface area contributed by atoms with Gasteiger partial charge >= 0.3 is 0 Å². The molecule has 0 aliphatic carbocycles. The van der Waals surface area contributed by atoms with Gasteiger partial charge in [-0.3, -0.25) is 0 Å². The summed E-state index contributed by atoms with van der Waals surface area (Å²) < 4.78 is 1.66. The summed E-state index contributed by atoms with van der Waals surface area (Å²) in [4.78, 5) is 0.